The van der Waals surface area contributed by atoms with Gasteiger partial charge in [0.1, 0.15) is 5.75 Å². The highest BCUT2D eigenvalue weighted by Crippen LogP contribution is 2.65. The highest BCUT2D eigenvalue weighted by molar-refractivity contribution is 6.02. The third-order valence-corrected chi connectivity index (χ3v) is 10.9. The molecule has 0 amide bonds. The maximum absolute atomic E-state index is 13.9. The first kappa shape index (κ1) is 22.6. The lowest BCUT2D eigenvalue weighted by molar-refractivity contribution is -0.0976. The van der Waals surface area contributed by atoms with Gasteiger partial charge in [0.2, 0.25) is 0 Å². The molecule has 0 bridgehead atoms. The molecule has 1 N–H and O–H groups in total. The van der Waals surface area contributed by atoms with Gasteiger partial charge < -0.3 is 9.84 Å². The first-order valence-electron chi connectivity index (χ1n) is 13.6. The van der Waals surface area contributed by atoms with Crippen LogP contribution in [0.15, 0.2) is 36.4 Å². The Morgan fingerprint density at radius 3 is 2.47 bits per heavy atom. The quantitative estimate of drug-likeness (QED) is 0.499. The molecule has 4 fully saturated rings. The fraction of sp³-hybridized carbons (Fsp3) is 0.645. The molecule has 0 spiro atoms. The second-order valence-electron chi connectivity index (χ2n) is 12.6. The van der Waals surface area contributed by atoms with Crippen LogP contribution in [0.5, 0.6) is 5.75 Å². The van der Waals surface area contributed by atoms with E-state index in [0.29, 0.717) is 17.6 Å². The maximum atomic E-state index is 13.9. The summed E-state index contributed by atoms with van der Waals surface area (Å²) in [5.41, 5.74) is 0.567. The van der Waals surface area contributed by atoms with Crippen molar-refractivity contribution in [2.24, 2.45) is 40.9 Å². The van der Waals surface area contributed by atoms with Crippen LogP contribution < -0.4 is 4.74 Å². The Morgan fingerprint density at radius 1 is 0.882 bits per heavy atom. The summed E-state index contributed by atoms with van der Waals surface area (Å²) < 4.78 is 5.36. The molecule has 34 heavy (non-hydrogen) atoms. The van der Waals surface area contributed by atoms with Gasteiger partial charge in [0.15, 0.2) is 5.78 Å². The molecule has 4 aliphatic rings. The molecular weight excluding hydrogens is 420 g/mol. The zero-order valence-electron chi connectivity index (χ0n) is 21.1. The van der Waals surface area contributed by atoms with E-state index in [-0.39, 0.29) is 11.3 Å². The minimum Gasteiger partial charge on any atom is -0.497 e. The average molecular weight is 461 g/mol. The zero-order chi connectivity index (χ0) is 23.7. The summed E-state index contributed by atoms with van der Waals surface area (Å²) in [5.74, 6) is 5.17. The number of rotatable bonds is 3. The van der Waals surface area contributed by atoms with Crippen LogP contribution in [0, 0.1) is 40.9 Å². The van der Waals surface area contributed by atoms with E-state index in [1.807, 2.05) is 25.1 Å². The van der Waals surface area contributed by atoms with Crippen molar-refractivity contribution >= 4 is 16.6 Å². The topological polar surface area (TPSA) is 46.5 Å². The molecule has 0 saturated heterocycles. The van der Waals surface area contributed by atoms with Crippen molar-refractivity contribution in [3.8, 4) is 5.75 Å². The lowest BCUT2D eigenvalue weighted by Gasteiger charge is -2.56. The monoisotopic (exact) mass is 460 g/mol. The van der Waals surface area contributed by atoms with Gasteiger partial charge in [-0.3, -0.25) is 4.79 Å². The van der Waals surface area contributed by atoms with Crippen molar-refractivity contribution in [1.82, 2.24) is 0 Å². The van der Waals surface area contributed by atoms with Crippen LogP contribution in [0.2, 0.25) is 0 Å². The number of benzene rings is 2. The van der Waals surface area contributed by atoms with Gasteiger partial charge in [-0.15, -0.1) is 0 Å². The number of hydrogen-bond acceptors (Lipinski definition) is 3. The van der Waals surface area contributed by atoms with Gasteiger partial charge in [0, 0.05) is 11.5 Å². The first-order chi connectivity index (χ1) is 16.3. The third kappa shape index (κ3) is 3.53. The van der Waals surface area contributed by atoms with Gasteiger partial charge in [-0.25, -0.2) is 0 Å². The average Bonchev–Trinajstić information content (AvgIpc) is 3.19. The van der Waals surface area contributed by atoms with Crippen molar-refractivity contribution in [3.05, 3.63) is 42.0 Å². The van der Waals surface area contributed by atoms with E-state index in [1.165, 1.54) is 38.5 Å². The molecule has 3 nitrogen and oxygen atoms in total. The standard InChI is InChI=1S/C31H40O3/c1-30(33)14-12-24-22(18-30)7-9-26-25(24)13-15-31(2)27(26)10-11-28(31)29(32)21-5-4-20-17-23(34-3)8-6-19(20)16-21/h4-6,8,16-17,22,24-28,33H,7,9-15,18H2,1-3H3/t22-,24-,25+,26+,27-,28+,30+,31-/m0/s1. The van der Waals surface area contributed by atoms with E-state index in [1.54, 1.807) is 7.11 Å². The van der Waals surface area contributed by atoms with Gasteiger partial charge in [0.05, 0.1) is 12.7 Å². The molecule has 0 unspecified atom stereocenters. The Bertz CT molecular complexity index is 1100. The van der Waals surface area contributed by atoms with Crippen molar-refractivity contribution in [3.63, 3.8) is 0 Å². The lowest BCUT2D eigenvalue weighted by Crippen LogP contribution is -2.51. The van der Waals surface area contributed by atoms with E-state index in [2.05, 4.69) is 25.1 Å². The van der Waals surface area contributed by atoms with Crippen LogP contribution >= 0.6 is 0 Å². The fourth-order valence-electron chi connectivity index (χ4n) is 9.22. The SMILES string of the molecule is COc1ccc2cc(C(=O)[C@H]3CC[C@H]4[C@@H]5CC[C@H]6C[C@](C)(O)CC[C@@H]6[C@H]5CC[C@]34C)ccc2c1. The molecule has 0 radical (unpaired) electrons. The van der Waals surface area contributed by atoms with Gasteiger partial charge in [-0.2, -0.15) is 0 Å². The molecular formula is C31H40O3. The number of Topliss-reactive ketones (excluding diaryl/α,β-unsaturated/α-hetero) is 1. The number of fused-ring (bicyclic) bond motifs is 6. The predicted molar refractivity (Wildman–Crippen MR) is 136 cm³/mol. The molecule has 0 aliphatic heterocycles. The van der Waals surface area contributed by atoms with Crippen molar-refractivity contribution < 1.29 is 14.6 Å². The number of carbonyl (C=O) groups is 1. The number of carbonyl (C=O) groups excluding carboxylic acids is 1. The summed E-state index contributed by atoms with van der Waals surface area (Å²) >= 11 is 0. The number of hydrogen-bond donors (Lipinski definition) is 1. The summed E-state index contributed by atoms with van der Waals surface area (Å²) in [6, 6.07) is 12.3. The normalized spacial score (nSPS) is 41.4. The summed E-state index contributed by atoms with van der Waals surface area (Å²) in [4.78, 5) is 13.9. The van der Waals surface area contributed by atoms with Crippen LogP contribution in [0.4, 0.5) is 0 Å². The Balaban J connectivity index is 1.23. The van der Waals surface area contributed by atoms with Gasteiger partial charge in [0.25, 0.3) is 0 Å². The van der Waals surface area contributed by atoms with Crippen molar-refractivity contribution in [1.29, 1.82) is 0 Å². The molecule has 182 valence electrons. The smallest absolute Gasteiger partial charge is 0.166 e. The Hall–Kier alpha value is -1.87. The predicted octanol–water partition coefficient (Wildman–Crippen LogP) is 7.05. The van der Waals surface area contributed by atoms with E-state index in [9.17, 15) is 9.90 Å². The number of ketones is 1. The zero-order valence-corrected chi connectivity index (χ0v) is 21.1. The number of methoxy groups -OCH3 is 1. The summed E-state index contributed by atoms with van der Waals surface area (Å²) in [6.07, 6.45) is 10.5. The van der Waals surface area contributed by atoms with E-state index < -0.39 is 5.60 Å². The highest BCUT2D eigenvalue weighted by Gasteiger charge is 2.58. The second-order valence-corrected chi connectivity index (χ2v) is 12.6. The molecule has 0 aromatic heterocycles. The van der Waals surface area contributed by atoms with Crippen molar-refractivity contribution in [2.75, 3.05) is 7.11 Å². The van der Waals surface area contributed by atoms with E-state index in [0.717, 1.165) is 59.1 Å². The number of ether oxygens (including phenoxy) is 1. The first-order valence-corrected chi connectivity index (χ1v) is 13.6. The number of aliphatic hydroxyl groups is 1. The summed E-state index contributed by atoms with van der Waals surface area (Å²) in [6.45, 7) is 4.50. The van der Waals surface area contributed by atoms with Crippen LogP contribution in [-0.2, 0) is 0 Å². The Kier molecular flexibility index (Phi) is 5.37. The molecule has 0 heterocycles. The summed E-state index contributed by atoms with van der Waals surface area (Å²) in [5, 5.41) is 12.9. The minimum absolute atomic E-state index is 0.139. The van der Waals surface area contributed by atoms with E-state index >= 15 is 0 Å². The lowest BCUT2D eigenvalue weighted by atomic mass is 9.49. The molecule has 8 atom stereocenters. The fourth-order valence-corrected chi connectivity index (χ4v) is 9.22. The van der Waals surface area contributed by atoms with Crippen LogP contribution in [-0.4, -0.2) is 23.6 Å². The van der Waals surface area contributed by atoms with Crippen LogP contribution in [0.25, 0.3) is 10.8 Å². The van der Waals surface area contributed by atoms with Crippen molar-refractivity contribution in [2.45, 2.75) is 77.2 Å². The second kappa shape index (κ2) is 8.08. The summed E-state index contributed by atoms with van der Waals surface area (Å²) in [7, 11) is 1.69. The van der Waals surface area contributed by atoms with Gasteiger partial charge >= 0.3 is 0 Å². The molecule has 3 heteroatoms. The molecule has 6 rings (SSSR count). The van der Waals surface area contributed by atoms with Gasteiger partial charge in [-0.1, -0.05) is 25.1 Å². The molecule has 2 aromatic carbocycles. The molecule has 4 saturated carbocycles. The molecule has 2 aromatic rings. The van der Waals surface area contributed by atoms with Gasteiger partial charge in [-0.05, 0) is 129 Å². The van der Waals surface area contributed by atoms with E-state index in [4.69, 9.17) is 4.74 Å². The van der Waals surface area contributed by atoms with Crippen LogP contribution in [0.1, 0.15) is 82.0 Å². The highest BCUT2D eigenvalue weighted by atomic mass is 16.5. The van der Waals surface area contributed by atoms with Crippen LogP contribution in [0.3, 0.4) is 0 Å². The molecule has 4 aliphatic carbocycles. The maximum Gasteiger partial charge on any atom is 0.166 e. The minimum atomic E-state index is -0.451. The Labute approximate surface area is 204 Å². The Morgan fingerprint density at radius 2 is 1.65 bits per heavy atom. The third-order valence-electron chi connectivity index (χ3n) is 10.9. The largest absolute Gasteiger partial charge is 0.497 e.